The summed E-state index contributed by atoms with van der Waals surface area (Å²) >= 11 is 0. The molecule has 2 bridgehead atoms. The fourth-order valence-electron chi connectivity index (χ4n) is 7.29. The van der Waals surface area contributed by atoms with Crippen LogP contribution < -0.4 is 0 Å². The Bertz CT molecular complexity index is 983. The van der Waals surface area contributed by atoms with Gasteiger partial charge in [-0.2, -0.15) is 0 Å². The number of aliphatic hydroxyl groups is 1. The van der Waals surface area contributed by atoms with Crippen LogP contribution in [-0.2, 0) is 18.1 Å². The highest BCUT2D eigenvalue weighted by Crippen LogP contribution is 2.84. The molecule has 6 rings (SSSR count). The fraction of sp³-hybridized carbons (Fsp3) is 0.714. The third-order valence-electron chi connectivity index (χ3n) is 9.37. The van der Waals surface area contributed by atoms with E-state index in [-0.39, 0.29) is 35.4 Å². The number of fused-ring (bicyclic) bond motifs is 1. The average molecular weight is 489 g/mol. The summed E-state index contributed by atoms with van der Waals surface area (Å²) in [5.41, 5.74) is 3.50. The van der Waals surface area contributed by atoms with Gasteiger partial charge < -0.3 is 5.11 Å². The van der Waals surface area contributed by atoms with Gasteiger partial charge in [0.25, 0.3) is 0 Å². The van der Waals surface area contributed by atoms with Gasteiger partial charge in [-0.25, -0.2) is 13.6 Å². The highest BCUT2D eigenvalue weighted by Gasteiger charge is 2.84. The van der Waals surface area contributed by atoms with Gasteiger partial charge in [0.2, 0.25) is 5.79 Å². The molecule has 0 radical (unpaired) electrons. The maximum absolute atomic E-state index is 12.8. The topological polar surface area (TPSA) is 65.0 Å². The van der Waals surface area contributed by atoms with Gasteiger partial charge in [0.15, 0.2) is 0 Å². The molecule has 0 aromatic carbocycles. The quantitative estimate of drug-likeness (QED) is 0.330. The first-order valence-corrected chi connectivity index (χ1v) is 14.6. The van der Waals surface area contributed by atoms with Crippen molar-refractivity contribution in [1.29, 1.82) is 0 Å². The number of allylic oxidation sites excluding steroid dienone is 5. The van der Waals surface area contributed by atoms with E-state index in [0.717, 1.165) is 43.3 Å². The Balaban J connectivity index is 1.50. The van der Waals surface area contributed by atoms with Gasteiger partial charge in [-0.05, 0) is 67.3 Å². The monoisotopic (exact) mass is 488 g/mol. The minimum atomic E-state index is -3.41. The summed E-state index contributed by atoms with van der Waals surface area (Å²) in [6.45, 7) is 15.6. The molecule has 2 unspecified atom stereocenters. The van der Waals surface area contributed by atoms with Gasteiger partial charge in [0.1, 0.15) is 6.10 Å². The van der Waals surface area contributed by atoms with Crippen molar-refractivity contribution in [2.45, 2.75) is 91.1 Å². The smallest absolute Gasteiger partial charge is 0.393 e. The lowest BCUT2D eigenvalue weighted by atomic mass is 9.60. The molecule has 0 aromatic heterocycles. The molecular weight excluding hydrogens is 447 g/mol. The minimum absolute atomic E-state index is 0.0676. The number of hydrogen-bond donors (Lipinski definition) is 1. The molecule has 1 N–H and O–H groups in total. The molecule has 6 fully saturated rings. The van der Waals surface area contributed by atoms with Crippen molar-refractivity contribution in [1.82, 2.24) is 0 Å². The zero-order valence-corrected chi connectivity index (χ0v) is 22.2. The van der Waals surface area contributed by atoms with Crippen molar-refractivity contribution in [3.8, 4) is 0 Å². The van der Waals surface area contributed by atoms with Crippen molar-refractivity contribution in [3.05, 3.63) is 47.6 Å². The Morgan fingerprint density at radius 1 is 1.15 bits per heavy atom. The zero-order valence-electron chi connectivity index (χ0n) is 21.3. The van der Waals surface area contributed by atoms with Crippen LogP contribution >= 0.6 is 7.82 Å². The summed E-state index contributed by atoms with van der Waals surface area (Å²) in [6.07, 6.45) is 13.8. The molecule has 6 aliphatic rings. The molecule has 0 aromatic rings. The SMILES string of the molecule is C=C1CC[C@H](O)C/C1=C\C=C1/CCC[C@]2(C)C1C1OP3(=O)OC1(O3)[C@H]2[C@H](C)/C=C/[C@H](C)C(C)C. The summed E-state index contributed by atoms with van der Waals surface area (Å²) in [6, 6.07) is 0. The number of rotatable bonds is 5. The number of hydrogen-bond acceptors (Lipinski definition) is 5. The number of phosphoric ester groups is 1. The van der Waals surface area contributed by atoms with E-state index < -0.39 is 13.6 Å². The molecule has 0 amide bonds. The molecule has 3 heterocycles. The summed E-state index contributed by atoms with van der Waals surface area (Å²) in [5, 5.41) is 10.1. The average Bonchev–Trinajstić information content (AvgIpc) is 3.27. The van der Waals surface area contributed by atoms with Gasteiger partial charge >= 0.3 is 7.82 Å². The summed E-state index contributed by atoms with van der Waals surface area (Å²) in [7, 11) is -3.41. The van der Waals surface area contributed by atoms with Crippen LogP contribution in [0.15, 0.2) is 47.6 Å². The van der Waals surface area contributed by atoms with Gasteiger partial charge in [-0.15, -0.1) is 0 Å². The Labute approximate surface area is 204 Å². The lowest BCUT2D eigenvalue weighted by molar-refractivity contribution is -0.220. The second kappa shape index (κ2) is 8.56. The zero-order chi connectivity index (χ0) is 24.5. The maximum Gasteiger partial charge on any atom is 0.480 e. The van der Waals surface area contributed by atoms with Crippen LogP contribution in [0, 0.1) is 35.0 Å². The first-order valence-electron chi connectivity index (χ1n) is 13.1. The third-order valence-corrected chi connectivity index (χ3v) is 10.9. The van der Waals surface area contributed by atoms with Crippen molar-refractivity contribution in [2.75, 3.05) is 0 Å². The van der Waals surface area contributed by atoms with Crippen molar-refractivity contribution >= 4 is 7.82 Å². The molecule has 6 heteroatoms. The molecule has 188 valence electrons. The number of aliphatic hydroxyl groups excluding tert-OH is 1. The first kappa shape index (κ1) is 24.7. The van der Waals surface area contributed by atoms with Crippen LogP contribution in [0.5, 0.6) is 0 Å². The van der Waals surface area contributed by atoms with E-state index in [4.69, 9.17) is 13.6 Å². The van der Waals surface area contributed by atoms with Crippen LogP contribution in [0.4, 0.5) is 0 Å². The summed E-state index contributed by atoms with van der Waals surface area (Å²) < 4.78 is 31.0. The Hall–Kier alpha value is -0.970. The second-order valence-electron chi connectivity index (χ2n) is 12.0. The van der Waals surface area contributed by atoms with Gasteiger partial charge in [0.05, 0.1) is 6.10 Å². The van der Waals surface area contributed by atoms with Crippen molar-refractivity contribution < 1.29 is 23.2 Å². The summed E-state index contributed by atoms with van der Waals surface area (Å²) in [4.78, 5) is 0. The normalized spacial score (nSPS) is 47.8. The van der Waals surface area contributed by atoms with Crippen molar-refractivity contribution in [2.24, 2.45) is 35.0 Å². The van der Waals surface area contributed by atoms with Crippen LogP contribution in [0.25, 0.3) is 0 Å². The molecular formula is C28H41O5P. The van der Waals surface area contributed by atoms with Gasteiger partial charge in [-0.1, -0.05) is 76.6 Å². The fourth-order valence-corrected chi connectivity index (χ4v) is 9.07. The van der Waals surface area contributed by atoms with Crippen molar-refractivity contribution in [3.63, 3.8) is 0 Å². The van der Waals surface area contributed by atoms with Gasteiger partial charge in [0, 0.05) is 11.8 Å². The first-order chi connectivity index (χ1) is 16.0. The molecule has 3 saturated heterocycles. The largest absolute Gasteiger partial charge is 0.480 e. The van der Waals surface area contributed by atoms with E-state index in [0.29, 0.717) is 18.3 Å². The molecule has 3 aliphatic carbocycles. The van der Waals surface area contributed by atoms with Crippen LogP contribution in [-0.4, -0.2) is 23.1 Å². The molecule has 34 heavy (non-hydrogen) atoms. The molecule has 1 spiro atoms. The molecule has 5 nitrogen and oxygen atoms in total. The maximum atomic E-state index is 12.8. The van der Waals surface area contributed by atoms with E-state index >= 15 is 0 Å². The van der Waals surface area contributed by atoms with E-state index in [1.165, 1.54) is 5.57 Å². The van der Waals surface area contributed by atoms with E-state index in [1.54, 1.807) is 0 Å². The Morgan fingerprint density at radius 2 is 1.88 bits per heavy atom. The summed E-state index contributed by atoms with van der Waals surface area (Å²) in [5.74, 6) is 0.529. The van der Waals surface area contributed by atoms with Crippen LogP contribution in [0.1, 0.15) is 73.1 Å². The second-order valence-corrected chi connectivity index (χ2v) is 13.4. The van der Waals surface area contributed by atoms with E-state index in [1.807, 2.05) is 0 Å². The van der Waals surface area contributed by atoms with E-state index in [2.05, 4.69) is 65.5 Å². The molecule has 7 atom stereocenters. The van der Waals surface area contributed by atoms with Crippen LogP contribution in [0.3, 0.4) is 0 Å². The predicted octanol–water partition coefficient (Wildman–Crippen LogP) is 7.11. The van der Waals surface area contributed by atoms with Crippen LogP contribution in [0.2, 0.25) is 0 Å². The standard InChI is InChI=1S/C28H41O5P/c1-17(2)18(3)9-10-20(5)25-27(6)15-7-8-21(12-13-22-16-23(29)14-11-19(22)4)24(27)26-28(25)32-34(30,31-26)33-28/h9-10,12-13,17-18,20,23-26,29H,4,7-8,11,14-16H2,1-3,5-6H3/b10-9+,21-12+,22-13+/t18-,20+,23-,24?,25-,26?,27+,28?,34?/m0/s1. The Kier molecular flexibility index (Phi) is 6.22. The third kappa shape index (κ3) is 3.78. The predicted molar refractivity (Wildman–Crippen MR) is 134 cm³/mol. The molecule has 3 aliphatic heterocycles. The van der Waals surface area contributed by atoms with E-state index in [9.17, 15) is 9.67 Å². The highest BCUT2D eigenvalue weighted by molar-refractivity contribution is 7.50. The molecule has 3 saturated carbocycles. The Morgan fingerprint density at radius 3 is 2.59 bits per heavy atom. The number of phosphoric acid groups is 1. The lowest BCUT2D eigenvalue weighted by Gasteiger charge is -2.48. The lowest BCUT2D eigenvalue weighted by Crippen LogP contribution is -2.50. The minimum Gasteiger partial charge on any atom is -0.393 e. The highest BCUT2D eigenvalue weighted by atomic mass is 31.2. The van der Waals surface area contributed by atoms with Gasteiger partial charge in [-0.3, -0.25) is 4.52 Å².